The lowest BCUT2D eigenvalue weighted by atomic mass is 10.2. The lowest BCUT2D eigenvalue weighted by Gasteiger charge is -2.30. The maximum absolute atomic E-state index is 12.0. The van der Waals surface area contributed by atoms with Crippen LogP contribution in [0.3, 0.4) is 0 Å². The highest BCUT2D eigenvalue weighted by molar-refractivity contribution is 6.32. The molecule has 6 nitrogen and oxygen atoms in total. The summed E-state index contributed by atoms with van der Waals surface area (Å²) in [7, 11) is 0. The predicted molar refractivity (Wildman–Crippen MR) is 75.5 cm³/mol. The summed E-state index contributed by atoms with van der Waals surface area (Å²) in [5.74, 6) is -0.686. The van der Waals surface area contributed by atoms with Crippen molar-refractivity contribution < 1.29 is 24.2 Å². The number of carbonyl (C=O) groups excluding carboxylic acids is 1. The highest BCUT2D eigenvalue weighted by atomic mass is 35.5. The van der Waals surface area contributed by atoms with E-state index < -0.39 is 12.1 Å². The van der Waals surface area contributed by atoms with Crippen molar-refractivity contribution in [3.63, 3.8) is 0 Å². The normalized spacial score (nSPS) is 18.3. The summed E-state index contributed by atoms with van der Waals surface area (Å²) in [5, 5.41) is 9.38. The Morgan fingerprint density at radius 2 is 2.19 bits per heavy atom. The lowest BCUT2D eigenvalue weighted by molar-refractivity contribution is -0.159. The van der Waals surface area contributed by atoms with Gasteiger partial charge in [-0.05, 0) is 12.1 Å². The molecule has 0 aliphatic carbocycles. The zero-order chi connectivity index (χ0) is 15.2. The van der Waals surface area contributed by atoms with Gasteiger partial charge in [0.2, 0.25) is 5.91 Å². The van der Waals surface area contributed by atoms with E-state index in [1.807, 2.05) is 0 Å². The molecule has 114 valence electrons. The fourth-order valence-corrected chi connectivity index (χ4v) is 2.18. The van der Waals surface area contributed by atoms with Gasteiger partial charge in [0, 0.05) is 6.54 Å². The minimum atomic E-state index is -1.06. The van der Waals surface area contributed by atoms with Crippen LogP contribution in [-0.4, -0.2) is 54.3 Å². The predicted octanol–water partition coefficient (Wildman–Crippen LogP) is 1.42. The highest BCUT2D eigenvalue weighted by Gasteiger charge is 2.28. The van der Waals surface area contributed by atoms with Crippen LogP contribution in [0.5, 0.6) is 5.75 Å². The first kappa shape index (κ1) is 15.6. The number of halogens is 1. The highest BCUT2D eigenvalue weighted by Crippen LogP contribution is 2.23. The molecule has 1 N–H and O–H groups in total. The third-order valence-electron chi connectivity index (χ3n) is 3.10. The van der Waals surface area contributed by atoms with E-state index >= 15 is 0 Å². The first-order valence-corrected chi connectivity index (χ1v) is 6.95. The molecule has 1 heterocycles. The molecular weight excluding hydrogens is 298 g/mol. The molecule has 1 amide bonds. The number of amides is 1. The molecule has 0 spiro atoms. The monoisotopic (exact) mass is 313 g/mol. The molecule has 1 saturated heterocycles. The smallest absolute Gasteiger partial charge is 0.334 e. The average Bonchev–Trinajstić information content (AvgIpc) is 2.49. The number of rotatable bonds is 5. The number of morpholine rings is 1. The Hall–Kier alpha value is -1.79. The van der Waals surface area contributed by atoms with E-state index in [-0.39, 0.29) is 32.1 Å². The number of carbonyl (C=O) groups is 2. The maximum Gasteiger partial charge on any atom is 0.334 e. The van der Waals surface area contributed by atoms with Gasteiger partial charge in [-0.2, -0.15) is 0 Å². The summed E-state index contributed by atoms with van der Waals surface area (Å²) >= 11 is 5.94. The van der Waals surface area contributed by atoms with Gasteiger partial charge in [-0.25, -0.2) is 4.79 Å². The van der Waals surface area contributed by atoms with Crippen molar-refractivity contribution in [3.05, 3.63) is 29.3 Å². The van der Waals surface area contributed by atoms with Gasteiger partial charge in [-0.15, -0.1) is 0 Å². The number of hydrogen-bond acceptors (Lipinski definition) is 4. The Bertz CT molecular complexity index is 522. The number of aliphatic carboxylic acids is 1. The molecule has 1 fully saturated rings. The third-order valence-corrected chi connectivity index (χ3v) is 3.42. The van der Waals surface area contributed by atoms with E-state index in [1.54, 1.807) is 24.3 Å². The van der Waals surface area contributed by atoms with Crippen molar-refractivity contribution in [1.29, 1.82) is 0 Å². The Labute approximate surface area is 127 Å². The van der Waals surface area contributed by atoms with E-state index in [0.29, 0.717) is 17.3 Å². The van der Waals surface area contributed by atoms with Gasteiger partial charge in [0.1, 0.15) is 5.75 Å². The van der Waals surface area contributed by atoms with Gasteiger partial charge in [0.25, 0.3) is 0 Å². The number of carboxylic acid groups (broad SMARTS) is 1. The topological polar surface area (TPSA) is 76.1 Å². The second kappa shape index (κ2) is 7.28. The standard InChI is InChI=1S/C14H16ClNO5/c15-10-3-1-2-4-11(10)20-7-5-13(17)16-6-8-21-12(9-16)14(18)19/h1-4,12H,5-9H2,(H,18,19)/t12-/m1/s1. The molecule has 21 heavy (non-hydrogen) atoms. The minimum absolute atomic E-state index is 0.0697. The molecule has 1 aromatic rings. The number of carboxylic acids is 1. The van der Waals surface area contributed by atoms with Crippen LogP contribution in [-0.2, 0) is 14.3 Å². The molecule has 1 atom stereocenters. The Balaban J connectivity index is 1.79. The van der Waals surface area contributed by atoms with Crippen LogP contribution in [0.25, 0.3) is 0 Å². The number of nitrogens with zero attached hydrogens (tertiary/aromatic N) is 1. The Kier molecular flexibility index (Phi) is 5.41. The molecule has 2 rings (SSSR count). The Morgan fingerprint density at radius 3 is 2.90 bits per heavy atom. The summed E-state index contributed by atoms with van der Waals surface area (Å²) in [6.45, 7) is 0.890. The number of ether oxygens (including phenoxy) is 2. The molecule has 0 unspecified atom stereocenters. The van der Waals surface area contributed by atoms with Crippen LogP contribution < -0.4 is 4.74 Å². The van der Waals surface area contributed by atoms with Gasteiger partial charge < -0.3 is 19.5 Å². The second-order valence-corrected chi connectivity index (χ2v) is 4.97. The molecular formula is C14H16ClNO5. The zero-order valence-electron chi connectivity index (χ0n) is 11.3. The number of para-hydroxylation sites is 1. The Morgan fingerprint density at radius 1 is 1.43 bits per heavy atom. The largest absolute Gasteiger partial charge is 0.491 e. The summed E-state index contributed by atoms with van der Waals surface area (Å²) in [6.07, 6.45) is -0.787. The first-order valence-electron chi connectivity index (χ1n) is 6.57. The van der Waals surface area contributed by atoms with E-state index in [9.17, 15) is 9.59 Å². The fraction of sp³-hybridized carbons (Fsp3) is 0.429. The van der Waals surface area contributed by atoms with Crippen molar-refractivity contribution in [2.24, 2.45) is 0 Å². The molecule has 0 saturated carbocycles. The molecule has 1 aliphatic heterocycles. The first-order chi connectivity index (χ1) is 10.1. The third kappa shape index (κ3) is 4.34. The fourth-order valence-electron chi connectivity index (χ4n) is 1.99. The maximum atomic E-state index is 12.0. The van der Waals surface area contributed by atoms with Crippen molar-refractivity contribution in [2.75, 3.05) is 26.3 Å². The van der Waals surface area contributed by atoms with Gasteiger partial charge in [0.05, 0.1) is 31.2 Å². The van der Waals surface area contributed by atoms with Gasteiger partial charge in [-0.3, -0.25) is 4.79 Å². The zero-order valence-corrected chi connectivity index (χ0v) is 12.1. The number of benzene rings is 1. The van der Waals surface area contributed by atoms with E-state index in [0.717, 1.165) is 0 Å². The second-order valence-electron chi connectivity index (χ2n) is 4.57. The van der Waals surface area contributed by atoms with Crippen LogP contribution in [0.15, 0.2) is 24.3 Å². The van der Waals surface area contributed by atoms with Gasteiger partial charge in [-0.1, -0.05) is 23.7 Å². The molecule has 0 aromatic heterocycles. The van der Waals surface area contributed by atoms with Crippen molar-refractivity contribution in [1.82, 2.24) is 4.90 Å². The van der Waals surface area contributed by atoms with Crippen LogP contribution in [0.4, 0.5) is 0 Å². The van der Waals surface area contributed by atoms with Crippen LogP contribution in [0, 0.1) is 0 Å². The van der Waals surface area contributed by atoms with Crippen LogP contribution in [0.1, 0.15) is 6.42 Å². The summed E-state index contributed by atoms with van der Waals surface area (Å²) in [4.78, 5) is 24.3. The van der Waals surface area contributed by atoms with E-state index in [2.05, 4.69) is 0 Å². The molecule has 0 radical (unpaired) electrons. The van der Waals surface area contributed by atoms with Gasteiger partial charge >= 0.3 is 5.97 Å². The SMILES string of the molecule is O=C(O)[C@H]1CN(C(=O)CCOc2ccccc2Cl)CCO1. The summed E-state index contributed by atoms with van der Waals surface area (Å²) in [6, 6.07) is 7.02. The lowest BCUT2D eigenvalue weighted by Crippen LogP contribution is -2.48. The summed E-state index contributed by atoms with van der Waals surface area (Å²) < 4.78 is 10.5. The molecule has 1 aliphatic rings. The van der Waals surface area contributed by atoms with Gasteiger partial charge in [0.15, 0.2) is 6.10 Å². The molecule has 0 bridgehead atoms. The quantitative estimate of drug-likeness (QED) is 0.889. The number of hydrogen-bond donors (Lipinski definition) is 1. The van der Waals surface area contributed by atoms with Crippen LogP contribution >= 0.6 is 11.6 Å². The summed E-state index contributed by atoms with van der Waals surface area (Å²) in [5.41, 5.74) is 0. The molecule has 7 heteroatoms. The molecule has 1 aromatic carbocycles. The van der Waals surface area contributed by atoms with Crippen molar-refractivity contribution >= 4 is 23.5 Å². The average molecular weight is 314 g/mol. The minimum Gasteiger partial charge on any atom is -0.491 e. The van der Waals surface area contributed by atoms with Crippen LogP contribution in [0.2, 0.25) is 5.02 Å². The van der Waals surface area contributed by atoms with Crippen molar-refractivity contribution in [2.45, 2.75) is 12.5 Å². The van der Waals surface area contributed by atoms with E-state index in [4.69, 9.17) is 26.2 Å². The van der Waals surface area contributed by atoms with Crippen molar-refractivity contribution in [3.8, 4) is 5.75 Å². The van der Waals surface area contributed by atoms with E-state index in [1.165, 1.54) is 4.90 Å².